The summed E-state index contributed by atoms with van der Waals surface area (Å²) in [6.07, 6.45) is -0.148. The first-order valence-corrected chi connectivity index (χ1v) is 8.68. The molecular formula is C18H24F3N3O3. The van der Waals surface area contributed by atoms with Crippen molar-refractivity contribution in [2.24, 2.45) is 0 Å². The van der Waals surface area contributed by atoms with E-state index in [1.165, 1.54) is 4.90 Å². The molecule has 1 fully saturated rings. The number of carbonyl (C=O) groups excluding carboxylic acids is 2. The molecule has 0 spiro atoms. The Labute approximate surface area is 156 Å². The van der Waals surface area contributed by atoms with Crippen LogP contribution in [0.5, 0.6) is 0 Å². The minimum Gasteiger partial charge on any atom is -0.372 e. The lowest BCUT2D eigenvalue weighted by Gasteiger charge is -2.38. The summed E-state index contributed by atoms with van der Waals surface area (Å²) in [5.41, 5.74) is -0.456. The minimum atomic E-state index is -1.65. The lowest BCUT2D eigenvalue weighted by Crippen LogP contribution is -2.54. The predicted molar refractivity (Wildman–Crippen MR) is 93.6 cm³/mol. The van der Waals surface area contributed by atoms with E-state index in [9.17, 15) is 22.8 Å². The number of rotatable bonds is 5. The van der Waals surface area contributed by atoms with Gasteiger partial charge in [0.1, 0.15) is 0 Å². The van der Waals surface area contributed by atoms with Crippen molar-refractivity contribution < 1.29 is 27.5 Å². The highest BCUT2D eigenvalue weighted by atomic mass is 19.2. The van der Waals surface area contributed by atoms with E-state index >= 15 is 0 Å². The van der Waals surface area contributed by atoms with E-state index in [4.69, 9.17) is 4.74 Å². The Hall–Kier alpha value is -2.13. The van der Waals surface area contributed by atoms with Crippen LogP contribution in [-0.2, 0) is 14.3 Å². The number of morpholine rings is 1. The summed E-state index contributed by atoms with van der Waals surface area (Å²) < 4.78 is 45.4. The molecule has 1 aromatic carbocycles. The summed E-state index contributed by atoms with van der Waals surface area (Å²) in [7, 11) is 1.58. The third kappa shape index (κ3) is 5.20. The van der Waals surface area contributed by atoms with Crippen molar-refractivity contribution in [3.63, 3.8) is 0 Å². The number of carbonyl (C=O) groups is 2. The van der Waals surface area contributed by atoms with E-state index in [1.807, 2.05) is 13.8 Å². The lowest BCUT2D eigenvalue weighted by atomic mass is 10.2. The molecule has 1 aromatic rings. The van der Waals surface area contributed by atoms with Gasteiger partial charge in [-0.1, -0.05) is 0 Å². The SMILES string of the molecule is C[C@H](C(=O)N1C[C@H](C)O[C@@H](C)C1)N(C)CC(=O)Nc1ccc(F)c(F)c1F. The first-order valence-electron chi connectivity index (χ1n) is 8.68. The second-order valence-corrected chi connectivity index (χ2v) is 6.86. The maximum Gasteiger partial charge on any atom is 0.239 e. The van der Waals surface area contributed by atoms with Gasteiger partial charge < -0.3 is 15.0 Å². The number of nitrogens with one attached hydrogen (secondary N) is 1. The normalized spacial score (nSPS) is 21.3. The number of benzene rings is 1. The molecule has 1 aliphatic rings. The lowest BCUT2D eigenvalue weighted by molar-refractivity contribution is -0.148. The third-order valence-electron chi connectivity index (χ3n) is 4.45. The maximum absolute atomic E-state index is 13.6. The van der Waals surface area contributed by atoms with Gasteiger partial charge in [0.15, 0.2) is 17.5 Å². The summed E-state index contributed by atoms with van der Waals surface area (Å²) in [5.74, 6) is -5.25. The average molecular weight is 387 g/mol. The number of anilines is 1. The summed E-state index contributed by atoms with van der Waals surface area (Å²) in [6, 6.07) is 1.07. The Morgan fingerprint density at radius 1 is 1.22 bits per heavy atom. The van der Waals surface area contributed by atoms with Gasteiger partial charge in [0.2, 0.25) is 11.8 Å². The van der Waals surface area contributed by atoms with E-state index in [0.717, 1.165) is 12.1 Å². The fraction of sp³-hybridized carbons (Fsp3) is 0.556. The highest BCUT2D eigenvalue weighted by Crippen LogP contribution is 2.19. The van der Waals surface area contributed by atoms with Crippen molar-refractivity contribution in [3.8, 4) is 0 Å². The molecular weight excluding hydrogens is 363 g/mol. The van der Waals surface area contributed by atoms with Gasteiger partial charge in [-0.05, 0) is 40.0 Å². The summed E-state index contributed by atoms with van der Waals surface area (Å²) >= 11 is 0. The first kappa shape index (κ1) is 21.2. The number of amides is 2. The molecule has 2 rings (SSSR count). The molecule has 0 unspecified atom stereocenters. The van der Waals surface area contributed by atoms with Crippen LogP contribution in [-0.4, -0.2) is 66.5 Å². The Kier molecular flexibility index (Phi) is 6.83. The van der Waals surface area contributed by atoms with Crippen molar-refractivity contribution in [2.75, 3.05) is 32.0 Å². The highest BCUT2D eigenvalue weighted by Gasteiger charge is 2.30. The minimum absolute atomic E-state index is 0.0742. The molecule has 1 N–H and O–H groups in total. The largest absolute Gasteiger partial charge is 0.372 e. The quantitative estimate of drug-likeness (QED) is 0.785. The van der Waals surface area contributed by atoms with Crippen molar-refractivity contribution >= 4 is 17.5 Å². The Bertz CT molecular complexity index is 707. The van der Waals surface area contributed by atoms with E-state index < -0.39 is 35.1 Å². The van der Waals surface area contributed by atoms with E-state index in [1.54, 1.807) is 18.9 Å². The number of ether oxygens (including phenoxy) is 1. The molecule has 0 radical (unpaired) electrons. The molecule has 1 saturated heterocycles. The fourth-order valence-electron chi connectivity index (χ4n) is 2.99. The van der Waals surface area contributed by atoms with Crippen molar-refractivity contribution in [1.29, 1.82) is 0 Å². The molecule has 0 saturated carbocycles. The number of hydrogen-bond acceptors (Lipinski definition) is 4. The molecule has 1 heterocycles. The summed E-state index contributed by atoms with van der Waals surface area (Å²) in [6.45, 7) is 6.14. The zero-order chi connectivity index (χ0) is 20.3. The van der Waals surface area contributed by atoms with Gasteiger partial charge in [-0.15, -0.1) is 0 Å². The molecule has 0 aromatic heterocycles. The van der Waals surface area contributed by atoms with Gasteiger partial charge in [-0.3, -0.25) is 14.5 Å². The number of hydrogen-bond donors (Lipinski definition) is 1. The second kappa shape index (κ2) is 8.71. The molecule has 0 bridgehead atoms. The van der Waals surface area contributed by atoms with E-state index in [-0.39, 0.29) is 24.7 Å². The zero-order valence-corrected chi connectivity index (χ0v) is 15.8. The van der Waals surface area contributed by atoms with Gasteiger partial charge in [0.25, 0.3) is 0 Å². The molecule has 0 aliphatic carbocycles. The highest BCUT2D eigenvalue weighted by molar-refractivity contribution is 5.93. The van der Waals surface area contributed by atoms with Crippen LogP contribution in [0.2, 0.25) is 0 Å². The van der Waals surface area contributed by atoms with Crippen LogP contribution in [0.4, 0.5) is 18.9 Å². The average Bonchev–Trinajstić information content (AvgIpc) is 2.60. The van der Waals surface area contributed by atoms with Crippen LogP contribution in [0.1, 0.15) is 20.8 Å². The maximum atomic E-state index is 13.6. The van der Waals surface area contributed by atoms with Gasteiger partial charge in [-0.2, -0.15) is 0 Å². The Balaban J connectivity index is 1.95. The summed E-state index contributed by atoms with van der Waals surface area (Å²) in [5, 5.41) is 2.19. The van der Waals surface area contributed by atoms with Crippen LogP contribution in [0.25, 0.3) is 0 Å². The predicted octanol–water partition coefficient (Wildman–Crippen LogP) is 2.00. The van der Waals surface area contributed by atoms with Crippen molar-refractivity contribution in [2.45, 2.75) is 39.0 Å². The smallest absolute Gasteiger partial charge is 0.239 e. The number of halogens is 3. The van der Waals surface area contributed by atoms with Crippen LogP contribution >= 0.6 is 0 Å². The third-order valence-corrected chi connectivity index (χ3v) is 4.45. The van der Waals surface area contributed by atoms with Gasteiger partial charge in [-0.25, -0.2) is 13.2 Å². The molecule has 1 aliphatic heterocycles. The molecule has 2 amide bonds. The van der Waals surface area contributed by atoms with Gasteiger partial charge in [0.05, 0.1) is 30.5 Å². The molecule has 6 nitrogen and oxygen atoms in total. The number of likely N-dealkylation sites (N-methyl/N-ethyl adjacent to an activating group) is 1. The van der Waals surface area contributed by atoms with Crippen LogP contribution in [0.15, 0.2) is 12.1 Å². The molecule has 9 heteroatoms. The zero-order valence-electron chi connectivity index (χ0n) is 15.8. The monoisotopic (exact) mass is 387 g/mol. The summed E-state index contributed by atoms with van der Waals surface area (Å²) in [4.78, 5) is 27.9. The Morgan fingerprint density at radius 3 is 2.41 bits per heavy atom. The first-order chi connectivity index (χ1) is 12.6. The molecule has 150 valence electrons. The van der Waals surface area contributed by atoms with Gasteiger partial charge in [0, 0.05) is 13.1 Å². The van der Waals surface area contributed by atoms with Crippen molar-refractivity contribution in [1.82, 2.24) is 9.80 Å². The van der Waals surface area contributed by atoms with Crippen LogP contribution in [0, 0.1) is 17.5 Å². The molecule has 27 heavy (non-hydrogen) atoms. The van der Waals surface area contributed by atoms with Crippen LogP contribution in [0.3, 0.4) is 0 Å². The molecule has 3 atom stereocenters. The van der Waals surface area contributed by atoms with E-state index in [2.05, 4.69) is 5.32 Å². The van der Waals surface area contributed by atoms with Gasteiger partial charge >= 0.3 is 0 Å². The topological polar surface area (TPSA) is 61.9 Å². The number of nitrogens with zero attached hydrogens (tertiary/aromatic N) is 2. The van der Waals surface area contributed by atoms with E-state index in [0.29, 0.717) is 13.1 Å². The fourth-order valence-corrected chi connectivity index (χ4v) is 2.99. The van der Waals surface area contributed by atoms with Crippen molar-refractivity contribution in [3.05, 3.63) is 29.6 Å². The second-order valence-electron chi connectivity index (χ2n) is 6.86. The Morgan fingerprint density at radius 2 is 1.81 bits per heavy atom. The van der Waals surface area contributed by atoms with Crippen LogP contribution < -0.4 is 5.32 Å². The standard InChI is InChI=1S/C18H24F3N3O3/c1-10-7-24(8-11(2)27-10)18(26)12(3)23(4)9-15(25)22-14-6-5-13(19)16(20)17(14)21/h5-6,10-12H,7-9H2,1-4H3,(H,22,25)/t10-,11-,12+/m0/s1.